The van der Waals surface area contributed by atoms with Crippen molar-refractivity contribution in [2.75, 3.05) is 51.7 Å². The fraction of sp³-hybridized carbons (Fsp3) is 0.753. The average molecular weight is 1750 g/mol. The van der Waals surface area contributed by atoms with Gasteiger partial charge in [0.15, 0.2) is 5.96 Å². The minimum Gasteiger partial charge on any atom is -0.481 e. The van der Waals surface area contributed by atoms with E-state index in [0.29, 0.717) is 25.7 Å². The van der Waals surface area contributed by atoms with E-state index in [4.69, 9.17) is 22.9 Å². The number of aliphatic carboxylic acids is 1. The summed E-state index contributed by atoms with van der Waals surface area (Å²) in [6, 6.07) is -24.4. The highest BCUT2D eigenvalue weighted by Gasteiger charge is 2.53. The maximum absolute atomic E-state index is 15.9. The lowest BCUT2D eigenvalue weighted by atomic mass is 9.84. The second-order valence-corrected chi connectivity index (χ2v) is 36.1. The first-order chi connectivity index (χ1) is 57.1. The standard InChI is InChI=1S/C77H127N21O21S2/c1-11-38(6)57-70(114)91-49-36-120-121-77(9,10)60(72(116)94-59(40(8)13-3)75(119)96-27-17-22-51(96)68(112)86-44(31-56(103)104)64(108)88-46(61(79)105)32-83-54(101)25-24-42(78)62(106)84-33-55(102)92-57)95-71(115)58(39(7)12-2)93-69(113)53-30-41-19-14-15-21-50(41)98(53)74(118)52-23-18-28-97(52)73(117)45(29-37(4)5)87-66(110)48(35-100)89-63(107)43(20-16-26-82-76(80)81)85-65(109)47(34-99)90-67(49)111/h37-53,57-60,99-100H,11-36,78H2,1-10H3,(H2,79,105)(H,83,101)(H,84,106)(H,85,109)(H,86,112)(H,87,110)(H,88,108)(H,89,107)(H,90,111)(H,91,114)(H,92,102)(H,93,113)(H,94,116)(H,95,115)(H,103,104)(H4,80,81,82)/t38-,39-,40-,41-,42-,43-,44-,45-,46-,47-,48-,49-,50-,51-,52-,53-,57-,58-,59-,60+/m0/s1. The number of hydrogen-bond acceptors (Lipinski definition) is 24. The number of guanidine groups is 1. The summed E-state index contributed by atoms with van der Waals surface area (Å²) < 4.78 is -1.67. The number of carboxylic acid groups (broad SMARTS) is 1. The zero-order valence-electron chi connectivity index (χ0n) is 70.6. The molecule has 6 fully saturated rings. The summed E-state index contributed by atoms with van der Waals surface area (Å²) in [5.41, 5.74) is 22.9. The Morgan fingerprint density at radius 2 is 1.06 bits per heavy atom. The quantitative estimate of drug-likeness (QED) is 0.0279. The number of aliphatic hydroxyl groups is 2. The molecule has 0 aromatic carbocycles. The van der Waals surface area contributed by atoms with Crippen LogP contribution in [-0.4, -0.2) is 295 Å². The Morgan fingerprint density at radius 3 is 1.65 bits per heavy atom. The molecule has 0 aromatic heterocycles. The first kappa shape index (κ1) is 100. The van der Waals surface area contributed by atoms with Gasteiger partial charge in [-0.2, -0.15) is 0 Å². The van der Waals surface area contributed by atoms with E-state index >= 15 is 33.6 Å². The van der Waals surface area contributed by atoms with Crippen LogP contribution >= 0.6 is 21.6 Å². The third kappa shape index (κ3) is 28.2. The largest absolute Gasteiger partial charge is 0.481 e. The van der Waals surface area contributed by atoms with E-state index in [1.165, 1.54) is 23.6 Å². The van der Waals surface area contributed by atoms with Gasteiger partial charge in [-0.25, -0.2) is 0 Å². The number of carboxylic acids is 1. The molecule has 24 N–H and O–H groups in total. The predicted molar refractivity (Wildman–Crippen MR) is 442 cm³/mol. The minimum atomic E-state index is -1.98. The number of hydrogen-bond donors (Lipinski definition) is 20. The Labute approximate surface area is 711 Å². The molecule has 44 heteroatoms. The van der Waals surface area contributed by atoms with Gasteiger partial charge < -0.3 is 122 Å². The van der Waals surface area contributed by atoms with Gasteiger partial charge in [-0.1, -0.05) is 109 Å². The maximum Gasteiger partial charge on any atom is 0.305 e. The van der Waals surface area contributed by atoms with Crippen LogP contribution in [0.3, 0.4) is 0 Å². The van der Waals surface area contributed by atoms with Gasteiger partial charge in [0.25, 0.3) is 0 Å². The molecule has 0 spiro atoms. The molecule has 42 nitrogen and oxygen atoms in total. The Balaban J connectivity index is 1.54. The molecule has 121 heavy (non-hydrogen) atoms. The summed E-state index contributed by atoms with van der Waals surface area (Å²) in [5.74, 6) is -21.8. The minimum absolute atomic E-state index is 0.00961. The van der Waals surface area contributed by atoms with Crippen molar-refractivity contribution in [3.8, 4) is 0 Å². The molecule has 1 saturated carbocycles. The van der Waals surface area contributed by atoms with Crippen LogP contribution in [0, 0.1) is 29.6 Å². The molecule has 5 heterocycles. The number of fused-ring (bicyclic) bond motifs is 10. The van der Waals surface area contributed by atoms with Crippen molar-refractivity contribution >= 4 is 134 Å². The molecule has 6 rings (SSSR count). The van der Waals surface area contributed by atoms with E-state index in [9.17, 15) is 68.1 Å². The molecule has 5 saturated heterocycles. The summed E-state index contributed by atoms with van der Waals surface area (Å²) in [6.07, 6.45) is 1.70. The molecule has 0 radical (unpaired) electrons. The molecule has 5 aliphatic heterocycles. The lowest BCUT2D eigenvalue weighted by molar-refractivity contribution is -0.150. The van der Waals surface area contributed by atoms with Crippen molar-refractivity contribution in [1.29, 1.82) is 0 Å². The number of nitrogens with one attached hydrogen (secondary N) is 13. The number of aliphatic hydroxyl groups excluding tert-OH is 2. The van der Waals surface area contributed by atoms with E-state index in [-0.39, 0.29) is 108 Å². The first-order valence-corrected chi connectivity index (χ1v) is 44.1. The van der Waals surface area contributed by atoms with Crippen LogP contribution < -0.4 is 92.1 Å². The van der Waals surface area contributed by atoms with Gasteiger partial charge >= 0.3 is 5.97 Å². The molecular formula is C77H127N21O21S2. The van der Waals surface area contributed by atoms with Crippen molar-refractivity contribution in [2.24, 2.45) is 57.5 Å². The number of aliphatic imine (C=N–C) groups is 1. The summed E-state index contributed by atoms with van der Waals surface area (Å²) >= 11 is 0. The molecule has 1 aliphatic carbocycles. The van der Waals surface area contributed by atoms with Crippen LogP contribution in [0.5, 0.6) is 0 Å². The predicted octanol–water partition coefficient (Wildman–Crippen LogP) is -5.83. The van der Waals surface area contributed by atoms with Gasteiger partial charge in [-0.3, -0.25) is 91.3 Å². The SMILES string of the molecule is CC[C@H](C)[C@@H]1NC(=O)CNC(=O)[C@@H](N)CCC(=O)NC[C@@H](C(N)=O)NC(=O)[C@H](CC(=O)O)NC(=O)[C@@H]2CCCN2C(=O)[C@H]([C@@H](C)CC)NC(=O)[C@H]2NC(=O)[C@H]([C@@H](C)CC)NC(=O)[C@@H]3C[C@@H]4CCCC[C@@H]4N3C(=O)[C@@H]3CCCN3C(=O)[C@H](CC(C)C)NC(=O)[C@H](CO)NC(=O)[C@H](CCCN=C(N)N)NC(=O)[C@H](CO)NC(=O)[C@H](CSSC2(C)C)NC1=O. The van der Waals surface area contributed by atoms with Gasteiger partial charge in [0.1, 0.15) is 84.6 Å². The Hall–Kier alpha value is -9.69. The van der Waals surface area contributed by atoms with E-state index < -0.39 is 270 Å². The Morgan fingerprint density at radius 1 is 0.529 bits per heavy atom. The topological polar surface area (TPSA) is 650 Å². The van der Waals surface area contributed by atoms with Gasteiger partial charge in [-0.15, -0.1) is 0 Å². The number of nitrogens with zero attached hydrogens (tertiary/aromatic N) is 4. The maximum atomic E-state index is 15.9. The number of carbonyl (C=O) groups is 18. The monoisotopic (exact) mass is 1750 g/mol. The van der Waals surface area contributed by atoms with Crippen molar-refractivity contribution in [3.63, 3.8) is 0 Å². The summed E-state index contributed by atoms with van der Waals surface area (Å²) in [4.78, 5) is 269. The lowest BCUT2D eigenvalue weighted by Crippen LogP contribution is -2.65. The summed E-state index contributed by atoms with van der Waals surface area (Å²) in [5, 5.41) is 65.0. The summed E-state index contributed by atoms with van der Waals surface area (Å²) in [7, 11) is 1.66. The van der Waals surface area contributed by atoms with Crippen molar-refractivity contribution < 1.29 is 102 Å². The smallest absolute Gasteiger partial charge is 0.305 e. The van der Waals surface area contributed by atoms with Gasteiger partial charge in [0, 0.05) is 49.1 Å². The normalized spacial score (nSPS) is 30.7. The van der Waals surface area contributed by atoms with Crippen molar-refractivity contribution in [3.05, 3.63) is 0 Å². The van der Waals surface area contributed by atoms with E-state index in [2.05, 4.69) is 74.1 Å². The number of nitrogens with two attached hydrogens (primary N) is 4. The average Bonchev–Trinajstić information content (AvgIpc) is 1.64. The fourth-order valence-electron chi connectivity index (χ4n) is 15.6. The van der Waals surface area contributed by atoms with Crippen LogP contribution in [0.25, 0.3) is 0 Å². The van der Waals surface area contributed by atoms with E-state index in [1.54, 1.807) is 55.4 Å². The number of primary amides is 1. The van der Waals surface area contributed by atoms with Crippen molar-refractivity contribution in [2.45, 2.75) is 286 Å². The number of carbonyl (C=O) groups excluding carboxylic acids is 17. The highest BCUT2D eigenvalue weighted by molar-refractivity contribution is 8.77. The lowest BCUT2D eigenvalue weighted by Gasteiger charge is -2.39. The molecular weight excluding hydrogens is 1620 g/mol. The molecule has 20 atom stereocenters. The van der Waals surface area contributed by atoms with Crippen LogP contribution in [0.2, 0.25) is 0 Å². The molecule has 678 valence electrons. The molecule has 0 aromatic rings. The number of amides is 17. The van der Waals surface area contributed by atoms with Crippen LogP contribution in [0.1, 0.15) is 185 Å². The molecule has 6 aliphatic rings. The first-order valence-electron chi connectivity index (χ1n) is 41.8. The van der Waals surface area contributed by atoms with Gasteiger partial charge in [-0.05, 0) is 114 Å². The highest BCUT2D eigenvalue weighted by atomic mass is 33.1. The van der Waals surface area contributed by atoms with Crippen LogP contribution in [0.4, 0.5) is 0 Å². The van der Waals surface area contributed by atoms with E-state index in [0.717, 1.165) is 32.9 Å². The molecule has 0 unspecified atom stereocenters. The zero-order chi connectivity index (χ0) is 90.0. The van der Waals surface area contributed by atoms with Gasteiger partial charge in [0.2, 0.25) is 100 Å². The van der Waals surface area contributed by atoms with Crippen LogP contribution in [0.15, 0.2) is 4.99 Å². The third-order valence-corrected chi connectivity index (χ3v) is 26.5. The highest BCUT2D eigenvalue weighted by Crippen LogP contribution is 2.43. The third-order valence-electron chi connectivity index (χ3n) is 23.2. The Kier molecular flexibility index (Phi) is 39.0. The molecule has 2 bridgehead atoms. The summed E-state index contributed by atoms with van der Waals surface area (Å²) in [6.45, 7) is 12.6. The van der Waals surface area contributed by atoms with E-state index in [1.807, 2.05) is 0 Å². The fourth-order valence-corrected chi connectivity index (χ4v) is 18.4. The van der Waals surface area contributed by atoms with Gasteiger partial charge in [0.05, 0.1) is 32.2 Å². The van der Waals surface area contributed by atoms with Crippen molar-refractivity contribution in [1.82, 2.24) is 83.8 Å². The molecule has 17 amide bonds. The number of rotatable bonds is 17. The zero-order valence-corrected chi connectivity index (χ0v) is 72.2. The second-order valence-electron chi connectivity index (χ2n) is 33.1. The van der Waals surface area contributed by atoms with Crippen LogP contribution in [-0.2, 0) is 86.3 Å². The second kappa shape index (κ2) is 47.1. The Bertz CT molecular complexity index is 3780.